The van der Waals surface area contributed by atoms with Gasteiger partial charge >= 0.3 is 0 Å². The van der Waals surface area contributed by atoms with Crippen LogP contribution in [0.5, 0.6) is 0 Å². The molecule has 0 amide bonds. The summed E-state index contributed by atoms with van der Waals surface area (Å²) in [4.78, 5) is 0. The molecule has 95 valence electrons. The summed E-state index contributed by atoms with van der Waals surface area (Å²) >= 11 is 0. The molecule has 0 spiro atoms. The molecule has 0 bridgehead atoms. The molecule has 1 nitrogen and oxygen atoms in total. The number of hydrogen-bond acceptors (Lipinski definition) is 0. The van der Waals surface area contributed by atoms with Crippen LogP contribution in [0, 0.1) is 16.7 Å². The van der Waals surface area contributed by atoms with Gasteiger partial charge in [0.25, 0.3) is 0 Å². The van der Waals surface area contributed by atoms with Crippen LogP contribution >= 0.6 is 0 Å². The van der Waals surface area contributed by atoms with Crippen molar-refractivity contribution in [2.24, 2.45) is 10.8 Å². The van der Waals surface area contributed by atoms with Crippen molar-refractivity contribution in [2.75, 3.05) is 0 Å². The zero-order valence-corrected chi connectivity index (χ0v) is 15.6. The second-order valence-electron chi connectivity index (χ2n) is 6.93. The summed E-state index contributed by atoms with van der Waals surface area (Å²) in [5, 5.41) is 9.64. The summed E-state index contributed by atoms with van der Waals surface area (Å²) in [5.41, 5.74) is 0.731. The molecule has 0 atom stereocenters. The van der Waals surface area contributed by atoms with Crippen LogP contribution in [-0.4, -0.2) is 5.71 Å². The van der Waals surface area contributed by atoms with E-state index >= 15 is 0 Å². The third-order valence-corrected chi connectivity index (χ3v) is 1.56. The normalized spacial score (nSPS) is 11.4. The van der Waals surface area contributed by atoms with Crippen LogP contribution in [0.25, 0.3) is 5.41 Å². The average Bonchev–Trinajstić information content (AvgIpc) is 1.78. The molecule has 0 aliphatic heterocycles. The van der Waals surface area contributed by atoms with E-state index in [1.807, 2.05) is 20.8 Å². The summed E-state index contributed by atoms with van der Waals surface area (Å²) in [6.07, 6.45) is 0.788. The standard InChI is InChI=1S/C10H20N.C4H9.Y/c1-9(2,3)7-8(11)10(4,5)6;1-4(2)3;/h7H2,1-6H3;1-3H3;/q2*-1;. The Kier molecular flexibility index (Phi) is 12.1. The van der Waals surface area contributed by atoms with Crippen LogP contribution in [0.3, 0.4) is 0 Å². The van der Waals surface area contributed by atoms with E-state index in [-0.39, 0.29) is 43.5 Å². The molecule has 2 heteroatoms. The first kappa shape index (κ1) is 22.0. The third-order valence-electron chi connectivity index (χ3n) is 1.56. The van der Waals surface area contributed by atoms with Gasteiger partial charge in [-0.3, -0.25) is 0 Å². The summed E-state index contributed by atoms with van der Waals surface area (Å²) < 4.78 is 0. The first-order valence-electron chi connectivity index (χ1n) is 5.68. The minimum absolute atomic E-state index is 0. The molecule has 0 aliphatic carbocycles. The van der Waals surface area contributed by atoms with Crippen molar-refractivity contribution < 1.29 is 32.7 Å². The Hall–Kier alpha value is 0.774. The summed E-state index contributed by atoms with van der Waals surface area (Å²) in [6.45, 7) is 18.8. The van der Waals surface area contributed by atoms with E-state index in [1.165, 1.54) is 5.92 Å². The maximum atomic E-state index is 9.64. The van der Waals surface area contributed by atoms with Gasteiger partial charge in [0.15, 0.2) is 0 Å². The molecule has 0 aromatic carbocycles. The molecule has 0 unspecified atom stereocenters. The van der Waals surface area contributed by atoms with Crippen molar-refractivity contribution in [3.63, 3.8) is 0 Å². The van der Waals surface area contributed by atoms with Crippen LogP contribution < -0.4 is 0 Å². The number of nitrogens with zero attached hydrogens (tertiary/aromatic N) is 1. The van der Waals surface area contributed by atoms with Gasteiger partial charge in [0.1, 0.15) is 0 Å². The van der Waals surface area contributed by atoms with Crippen molar-refractivity contribution in [2.45, 2.75) is 68.7 Å². The van der Waals surface area contributed by atoms with Gasteiger partial charge in [-0.25, -0.2) is 0 Å². The molecule has 0 aromatic heterocycles. The Morgan fingerprint density at radius 3 is 1.25 bits per heavy atom. The second-order valence-corrected chi connectivity index (χ2v) is 6.93. The van der Waals surface area contributed by atoms with E-state index in [0.717, 1.165) is 6.42 Å². The van der Waals surface area contributed by atoms with E-state index < -0.39 is 0 Å². The van der Waals surface area contributed by atoms with Crippen LogP contribution in [0.2, 0.25) is 0 Å². The largest absolute Gasteiger partial charge is 0.811 e. The maximum Gasteiger partial charge on any atom is 0 e. The molecule has 0 saturated carbocycles. The first-order chi connectivity index (χ1) is 6.36. The van der Waals surface area contributed by atoms with Crippen LogP contribution in [0.1, 0.15) is 68.7 Å². The van der Waals surface area contributed by atoms with E-state index in [9.17, 15) is 5.41 Å². The van der Waals surface area contributed by atoms with Crippen molar-refractivity contribution >= 4 is 5.71 Å². The zero-order valence-electron chi connectivity index (χ0n) is 12.7. The van der Waals surface area contributed by atoms with E-state index in [1.54, 1.807) is 0 Å². The van der Waals surface area contributed by atoms with E-state index in [0.29, 0.717) is 5.71 Å². The fraction of sp³-hybridized carbons (Fsp3) is 0.857. The predicted octanol–water partition coefficient (Wildman–Crippen LogP) is 5.10. The molecule has 16 heavy (non-hydrogen) atoms. The van der Waals surface area contributed by atoms with Gasteiger partial charge in [0.2, 0.25) is 0 Å². The van der Waals surface area contributed by atoms with Gasteiger partial charge < -0.3 is 11.3 Å². The van der Waals surface area contributed by atoms with Crippen LogP contribution in [0.15, 0.2) is 0 Å². The van der Waals surface area contributed by atoms with Crippen molar-refractivity contribution in [3.05, 3.63) is 11.3 Å². The monoisotopic (exact) mass is 300 g/mol. The van der Waals surface area contributed by atoms with Crippen LogP contribution in [-0.2, 0) is 32.7 Å². The summed E-state index contributed by atoms with van der Waals surface area (Å²) in [6, 6.07) is 0. The molecule has 0 saturated heterocycles. The van der Waals surface area contributed by atoms with Gasteiger partial charge in [-0.05, 0) is 17.3 Å². The maximum absolute atomic E-state index is 9.64. The molecule has 0 aromatic rings. The third kappa shape index (κ3) is 20.2. The minimum Gasteiger partial charge on any atom is -0.811 e. The Morgan fingerprint density at radius 1 is 0.938 bits per heavy atom. The summed E-state index contributed by atoms with van der Waals surface area (Å²) in [5.74, 6) is 1.42. The number of rotatable bonds is 1. The molecule has 0 heterocycles. The zero-order chi connectivity index (χ0) is 12.9. The molecule has 0 rings (SSSR count). The van der Waals surface area contributed by atoms with Gasteiger partial charge in [0.05, 0.1) is 0 Å². The van der Waals surface area contributed by atoms with Gasteiger partial charge in [-0.1, -0.05) is 41.5 Å². The van der Waals surface area contributed by atoms with Gasteiger partial charge in [-0.2, -0.15) is 26.5 Å². The van der Waals surface area contributed by atoms with Gasteiger partial charge in [0, 0.05) is 32.7 Å². The smallest absolute Gasteiger partial charge is 0 e. The fourth-order valence-corrected chi connectivity index (χ4v) is 0.768. The Labute approximate surface area is 129 Å². The van der Waals surface area contributed by atoms with Crippen LogP contribution in [0.4, 0.5) is 0 Å². The first-order valence-corrected chi connectivity index (χ1v) is 5.68. The molecule has 1 radical (unpaired) electrons. The van der Waals surface area contributed by atoms with Crippen molar-refractivity contribution in [1.29, 1.82) is 0 Å². The van der Waals surface area contributed by atoms with Crippen molar-refractivity contribution in [1.82, 2.24) is 0 Å². The quantitative estimate of drug-likeness (QED) is 0.475. The minimum atomic E-state index is -0.0622. The predicted molar refractivity (Wildman–Crippen MR) is 72.2 cm³/mol. The van der Waals surface area contributed by atoms with Gasteiger partial charge in [-0.15, -0.1) is 0 Å². The Balaban J connectivity index is -0.000000292. The van der Waals surface area contributed by atoms with E-state index in [4.69, 9.17) is 0 Å². The molecule has 0 aliphatic rings. The average molecular weight is 300 g/mol. The summed E-state index contributed by atoms with van der Waals surface area (Å²) in [7, 11) is 0. The van der Waals surface area contributed by atoms with Crippen molar-refractivity contribution in [3.8, 4) is 0 Å². The molecule has 0 fully saturated rings. The Morgan fingerprint density at radius 2 is 1.19 bits per heavy atom. The molecular weight excluding hydrogens is 271 g/mol. The molecule has 0 N–H and O–H groups in total. The SMILES string of the molecule is CC(C)(C)CC(=[N-])C(C)(C)C.C[C-](C)C.[Y]. The Bertz CT molecular complexity index is 179. The second kappa shape index (κ2) is 8.81. The van der Waals surface area contributed by atoms with E-state index in [2.05, 4.69) is 41.5 Å². The molecular formula is C14H29NY-2. The number of hydrogen-bond donors (Lipinski definition) is 0. The fourth-order valence-electron chi connectivity index (χ4n) is 0.768. The topological polar surface area (TPSA) is 22.3 Å².